The van der Waals surface area contributed by atoms with Crippen molar-refractivity contribution in [3.8, 4) is 11.4 Å². The van der Waals surface area contributed by atoms with Crippen molar-refractivity contribution in [2.75, 3.05) is 5.75 Å². The number of hydrazone groups is 1. The average molecular weight is 440 g/mol. The lowest BCUT2D eigenvalue weighted by Crippen LogP contribution is -2.20. The van der Waals surface area contributed by atoms with Crippen LogP contribution in [-0.2, 0) is 16.8 Å². The highest BCUT2D eigenvalue weighted by atomic mass is 32.2. The number of amides is 1. The van der Waals surface area contributed by atoms with Gasteiger partial charge in [-0.05, 0) is 35.6 Å². The largest absolute Gasteiger partial charge is 0.302 e. The number of carbonyl (C=O) groups is 1. The van der Waals surface area contributed by atoms with E-state index in [0.717, 1.165) is 11.4 Å². The molecule has 0 saturated heterocycles. The molecule has 0 fully saturated rings. The summed E-state index contributed by atoms with van der Waals surface area (Å²) in [7, 11) is 0. The van der Waals surface area contributed by atoms with Gasteiger partial charge in [0, 0.05) is 12.1 Å². The predicted octanol–water partition coefficient (Wildman–Crippen LogP) is 4.64. The highest BCUT2D eigenvalue weighted by Crippen LogP contribution is 2.27. The van der Waals surface area contributed by atoms with E-state index in [1.807, 2.05) is 11.5 Å². The van der Waals surface area contributed by atoms with Gasteiger partial charge in [-0.25, -0.2) is 9.82 Å². The van der Waals surface area contributed by atoms with Gasteiger partial charge in [-0.15, -0.1) is 10.2 Å². The second kappa shape index (κ2) is 9.87. The van der Waals surface area contributed by atoms with Crippen molar-refractivity contribution < 1.29 is 9.18 Å². The molecule has 0 spiro atoms. The summed E-state index contributed by atoms with van der Waals surface area (Å²) in [5.41, 5.74) is 5.50. The zero-order valence-electron chi connectivity index (χ0n) is 18.1. The smallest absolute Gasteiger partial charge is 0.250 e. The maximum absolute atomic E-state index is 12.9. The second-order valence-corrected chi connectivity index (χ2v) is 8.95. The van der Waals surface area contributed by atoms with Gasteiger partial charge in [-0.2, -0.15) is 5.10 Å². The van der Waals surface area contributed by atoms with Crippen LogP contribution in [0.3, 0.4) is 0 Å². The molecule has 0 bridgehead atoms. The molecule has 3 rings (SSSR count). The van der Waals surface area contributed by atoms with Crippen LogP contribution in [0, 0.1) is 5.82 Å². The van der Waals surface area contributed by atoms with E-state index < -0.39 is 0 Å². The molecule has 162 valence electrons. The fraction of sp³-hybridized carbons (Fsp3) is 0.304. The summed E-state index contributed by atoms with van der Waals surface area (Å²) in [6.07, 6.45) is 1.47. The molecule has 0 unspecified atom stereocenters. The molecule has 1 N–H and O–H groups in total. The molecule has 0 saturated carbocycles. The number of thioether (sulfide) groups is 1. The van der Waals surface area contributed by atoms with Crippen LogP contribution in [0.4, 0.5) is 4.39 Å². The Labute approximate surface area is 186 Å². The van der Waals surface area contributed by atoms with Crippen molar-refractivity contribution in [2.45, 2.75) is 44.8 Å². The number of nitrogens with zero attached hydrogens (tertiary/aromatic N) is 4. The fourth-order valence-electron chi connectivity index (χ4n) is 2.90. The van der Waals surface area contributed by atoms with Gasteiger partial charge in [-0.1, -0.05) is 68.9 Å². The highest BCUT2D eigenvalue weighted by Gasteiger charge is 2.17. The molecule has 31 heavy (non-hydrogen) atoms. The first-order valence-corrected chi connectivity index (χ1v) is 11.0. The van der Waals surface area contributed by atoms with Crippen LogP contribution in [-0.4, -0.2) is 32.6 Å². The normalized spacial score (nSPS) is 11.8. The molecule has 8 heteroatoms. The summed E-state index contributed by atoms with van der Waals surface area (Å²) in [4.78, 5) is 12.1. The first kappa shape index (κ1) is 22.7. The maximum atomic E-state index is 12.9. The molecule has 0 aliphatic rings. The van der Waals surface area contributed by atoms with Gasteiger partial charge in [0.15, 0.2) is 11.0 Å². The Bertz CT molecular complexity index is 1050. The highest BCUT2D eigenvalue weighted by molar-refractivity contribution is 7.99. The van der Waals surface area contributed by atoms with Gasteiger partial charge >= 0.3 is 0 Å². The molecule has 1 amide bonds. The third-order valence-corrected chi connectivity index (χ3v) is 5.61. The number of benzene rings is 2. The topological polar surface area (TPSA) is 72.2 Å². The number of aromatic nitrogens is 3. The number of nitrogens with one attached hydrogen (secondary N) is 1. The minimum atomic E-state index is -0.317. The summed E-state index contributed by atoms with van der Waals surface area (Å²) < 4.78 is 14.9. The Hall–Kier alpha value is -3.00. The third kappa shape index (κ3) is 6.01. The standard InChI is InChI=1S/C23H26FN5OS/c1-5-29-21(17-8-10-18(11-9-17)23(2,3)4)27-28-22(29)31-15-20(30)26-25-14-16-6-12-19(24)13-7-16/h6-14H,5,15H2,1-4H3,(H,26,30). The lowest BCUT2D eigenvalue weighted by Gasteiger charge is -2.19. The van der Waals surface area contributed by atoms with E-state index in [4.69, 9.17) is 0 Å². The van der Waals surface area contributed by atoms with Crippen LogP contribution in [0.15, 0.2) is 58.8 Å². The molecular formula is C23H26FN5OS. The summed E-state index contributed by atoms with van der Waals surface area (Å²) in [5.74, 6) is 0.356. The Morgan fingerprint density at radius 1 is 1.13 bits per heavy atom. The summed E-state index contributed by atoms with van der Waals surface area (Å²) in [6, 6.07) is 14.2. The lowest BCUT2D eigenvalue weighted by molar-refractivity contribution is -0.118. The zero-order chi connectivity index (χ0) is 22.4. The van der Waals surface area contributed by atoms with Gasteiger partial charge in [0.25, 0.3) is 5.91 Å². The molecule has 0 radical (unpaired) electrons. The first-order valence-electron chi connectivity index (χ1n) is 10.0. The Kier molecular flexibility index (Phi) is 7.22. The van der Waals surface area contributed by atoms with Crippen molar-refractivity contribution in [3.05, 3.63) is 65.5 Å². The van der Waals surface area contributed by atoms with Gasteiger partial charge in [0.05, 0.1) is 12.0 Å². The SMILES string of the molecule is CCn1c(SCC(=O)NN=Cc2ccc(F)cc2)nnc1-c1ccc(C(C)(C)C)cc1. The Morgan fingerprint density at radius 3 is 2.42 bits per heavy atom. The van der Waals surface area contributed by atoms with Crippen molar-refractivity contribution in [1.29, 1.82) is 0 Å². The van der Waals surface area contributed by atoms with Crippen LogP contribution in [0.1, 0.15) is 38.8 Å². The second-order valence-electron chi connectivity index (χ2n) is 8.01. The minimum Gasteiger partial charge on any atom is -0.302 e. The maximum Gasteiger partial charge on any atom is 0.250 e. The molecule has 0 aliphatic carbocycles. The molecule has 6 nitrogen and oxygen atoms in total. The van der Waals surface area contributed by atoms with Crippen LogP contribution < -0.4 is 5.43 Å². The zero-order valence-corrected chi connectivity index (χ0v) is 18.9. The molecular weight excluding hydrogens is 413 g/mol. The molecule has 1 heterocycles. The molecule has 0 atom stereocenters. The first-order chi connectivity index (χ1) is 14.8. The van der Waals surface area contributed by atoms with E-state index in [1.54, 1.807) is 12.1 Å². The van der Waals surface area contributed by atoms with Gasteiger partial charge < -0.3 is 4.57 Å². The van der Waals surface area contributed by atoms with E-state index in [1.165, 1.54) is 35.7 Å². The Morgan fingerprint density at radius 2 is 1.81 bits per heavy atom. The summed E-state index contributed by atoms with van der Waals surface area (Å²) >= 11 is 1.30. The van der Waals surface area contributed by atoms with E-state index in [9.17, 15) is 9.18 Å². The van der Waals surface area contributed by atoms with Crippen molar-refractivity contribution in [1.82, 2.24) is 20.2 Å². The number of carbonyl (C=O) groups excluding carboxylic acids is 1. The number of hydrogen-bond donors (Lipinski definition) is 1. The number of rotatable bonds is 7. The fourth-order valence-corrected chi connectivity index (χ4v) is 3.70. The number of halogens is 1. The quantitative estimate of drug-likeness (QED) is 0.331. The lowest BCUT2D eigenvalue weighted by atomic mass is 9.87. The summed E-state index contributed by atoms with van der Waals surface area (Å²) in [5, 5.41) is 13.2. The molecule has 2 aromatic carbocycles. The van der Waals surface area contributed by atoms with Crippen LogP contribution in [0.2, 0.25) is 0 Å². The molecule has 1 aromatic heterocycles. The van der Waals surface area contributed by atoms with Gasteiger partial charge in [0.1, 0.15) is 5.82 Å². The van der Waals surface area contributed by atoms with Crippen LogP contribution in [0.5, 0.6) is 0 Å². The van der Waals surface area contributed by atoms with Crippen LogP contribution in [0.25, 0.3) is 11.4 Å². The van der Waals surface area contributed by atoms with E-state index in [0.29, 0.717) is 17.3 Å². The van der Waals surface area contributed by atoms with E-state index in [-0.39, 0.29) is 22.9 Å². The van der Waals surface area contributed by atoms with Gasteiger partial charge in [-0.3, -0.25) is 4.79 Å². The average Bonchev–Trinajstić information content (AvgIpc) is 3.16. The minimum absolute atomic E-state index is 0.0878. The van der Waals surface area contributed by atoms with Crippen molar-refractivity contribution in [3.63, 3.8) is 0 Å². The van der Waals surface area contributed by atoms with Crippen LogP contribution >= 0.6 is 11.8 Å². The van der Waals surface area contributed by atoms with Crippen molar-refractivity contribution in [2.24, 2.45) is 5.10 Å². The molecule has 0 aliphatic heterocycles. The summed E-state index contributed by atoms with van der Waals surface area (Å²) in [6.45, 7) is 9.25. The monoisotopic (exact) mass is 439 g/mol. The van der Waals surface area contributed by atoms with Gasteiger partial charge in [0.2, 0.25) is 0 Å². The Balaban J connectivity index is 1.61. The predicted molar refractivity (Wildman–Crippen MR) is 123 cm³/mol. The van der Waals surface area contributed by atoms with E-state index >= 15 is 0 Å². The van der Waals surface area contributed by atoms with E-state index in [2.05, 4.69) is 65.8 Å². The van der Waals surface area contributed by atoms with Crippen molar-refractivity contribution >= 4 is 23.9 Å². The number of hydrogen-bond acceptors (Lipinski definition) is 5. The third-order valence-electron chi connectivity index (χ3n) is 4.65. The molecule has 3 aromatic rings.